The summed E-state index contributed by atoms with van der Waals surface area (Å²) >= 11 is 0.696. The van der Waals surface area contributed by atoms with E-state index >= 15 is 0 Å². The van der Waals surface area contributed by atoms with Crippen molar-refractivity contribution in [3.63, 3.8) is 0 Å². The molecule has 1 aromatic heterocycles. The fraction of sp³-hybridized carbons (Fsp3) is 0.750. The molecule has 92 valence electrons. The first-order chi connectivity index (χ1) is 7.24. The highest BCUT2D eigenvalue weighted by atomic mass is 32.1. The van der Waals surface area contributed by atoms with Crippen molar-refractivity contribution in [2.24, 2.45) is 5.73 Å². The average molecular weight is 254 g/mol. The maximum atomic E-state index is 12.2. The lowest BCUT2D eigenvalue weighted by Crippen LogP contribution is -2.33. The van der Waals surface area contributed by atoms with Crippen molar-refractivity contribution < 1.29 is 13.2 Å². The molecule has 16 heavy (non-hydrogen) atoms. The first-order valence-corrected chi connectivity index (χ1v) is 5.41. The normalized spacial score (nSPS) is 12.9. The van der Waals surface area contributed by atoms with Gasteiger partial charge in [-0.25, -0.2) is 0 Å². The molecule has 0 bridgehead atoms. The Hall–Kier alpha value is -0.890. The molecule has 8 heteroatoms. The molecule has 0 saturated heterocycles. The number of anilines is 1. The quantitative estimate of drug-likeness (QED) is 0.863. The van der Waals surface area contributed by atoms with E-state index in [2.05, 4.69) is 14.7 Å². The van der Waals surface area contributed by atoms with Gasteiger partial charge in [-0.15, -0.1) is 0 Å². The zero-order valence-corrected chi connectivity index (χ0v) is 9.74. The Kier molecular flexibility index (Phi) is 3.74. The standard InChI is InChI=1S/C8H13F3N4S/c1-7(2,3-4-12)14-6-13-5(15-16-6)8(9,10)11/h3-4,12H2,1-2H3,(H,13,14,15). The Morgan fingerprint density at radius 2 is 2.00 bits per heavy atom. The molecule has 0 aromatic carbocycles. The number of rotatable bonds is 4. The molecule has 1 rings (SSSR count). The molecule has 0 aliphatic rings. The first kappa shape index (κ1) is 13.2. The molecule has 0 aliphatic carbocycles. The van der Waals surface area contributed by atoms with Crippen LogP contribution in [-0.2, 0) is 6.18 Å². The third kappa shape index (κ3) is 3.60. The lowest BCUT2D eigenvalue weighted by Gasteiger charge is -2.24. The van der Waals surface area contributed by atoms with E-state index in [0.29, 0.717) is 24.5 Å². The molecule has 0 fully saturated rings. The smallest absolute Gasteiger partial charge is 0.355 e. The number of nitrogens with one attached hydrogen (secondary N) is 1. The molecule has 0 unspecified atom stereocenters. The van der Waals surface area contributed by atoms with Crippen LogP contribution in [-0.4, -0.2) is 21.4 Å². The highest BCUT2D eigenvalue weighted by Gasteiger charge is 2.36. The van der Waals surface area contributed by atoms with Crippen molar-refractivity contribution in [2.45, 2.75) is 32.0 Å². The molecule has 0 radical (unpaired) electrons. The van der Waals surface area contributed by atoms with Crippen LogP contribution < -0.4 is 11.1 Å². The summed E-state index contributed by atoms with van der Waals surface area (Å²) in [5.41, 5.74) is 5.00. The number of aromatic nitrogens is 2. The van der Waals surface area contributed by atoms with E-state index in [1.54, 1.807) is 0 Å². The molecule has 0 aliphatic heterocycles. The summed E-state index contributed by atoms with van der Waals surface area (Å²) < 4.78 is 39.9. The summed E-state index contributed by atoms with van der Waals surface area (Å²) in [7, 11) is 0. The van der Waals surface area contributed by atoms with Gasteiger partial charge < -0.3 is 11.1 Å². The van der Waals surface area contributed by atoms with Gasteiger partial charge in [0.05, 0.1) is 0 Å². The van der Waals surface area contributed by atoms with E-state index in [9.17, 15) is 13.2 Å². The molecule has 1 aromatic rings. The SMILES string of the molecule is CC(C)(CCN)Nc1nc(C(F)(F)F)ns1. The minimum absolute atomic E-state index is 0.158. The highest BCUT2D eigenvalue weighted by molar-refractivity contribution is 7.09. The van der Waals surface area contributed by atoms with Crippen LogP contribution in [0.25, 0.3) is 0 Å². The maximum Gasteiger partial charge on any atom is 0.452 e. The van der Waals surface area contributed by atoms with Crippen LogP contribution in [0.3, 0.4) is 0 Å². The first-order valence-electron chi connectivity index (χ1n) is 4.64. The minimum Gasteiger partial charge on any atom is -0.355 e. The second-order valence-electron chi connectivity index (χ2n) is 3.97. The van der Waals surface area contributed by atoms with Crippen molar-refractivity contribution in [3.05, 3.63) is 5.82 Å². The summed E-state index contributed by atoms with van der Waals surface area (Å²) in [5.74, 6) is -1.11. The van der Waals surface area contributed by atoms with E-state index < -0.39 is 17.5 Å². The second kappa shape index (κ2) is 4.54. The molecule has 0 atom stereocenters. The number of nitrogens with two attached hydrogens (primary N) is 1. The Labute approximate surface area is 95.2 Å². The maximum absolute atomic E-state index is 12.2. The van der Waals surface area contributed by atoms with Crippen LogP contribution in [0.5, 0.6) is 0 Å². The van der Waals surface area contributed by atoms with E-state index in [1.807, 2.05) is 13.8 Å². The van der Waals surface area contributed by atoms with Gasteiger partial charge in [0, 0.05) is 17.1 Å². The number of alkyl halides is 3. The van der Waals surface area contributed by atoms with Crippen LogP contribution in [0.1, 0.15) is 26.1 Å². The summed E-state index contributed by atoms with van der Waals surface area (Å²) in [4.78, 5) is 3.38. The summed E-state index contributed by atoms with van der Waals surface area (Å²) in [6.07, 6.45) is -3.86. The van der Waals surface area contributed by atoms with E-state index in [0.717, 1.165) is 0 Å². The summed E-state index contributed by atoms with van der Waals surface area (Å²) in [5, 5.41) is 3.03. The number of nitrogens with zero attached hydrogens (tertiary/aromatic N) is 2. The van der Waals surface area contributed by atoms with Crippen LogP contribution in [0.2, 0.25) is 0 Å². The van der Waals surface area contributed by atoms with Gasteiger partial charge in [0.1, 0.15) is 0 Å². The summed E-state index contributed by atoms with van der Waals surface area (Å²) in [6, 6.07) is 0. The number of halogens is 3. The minimum atomic E-state index is -4.49. The third-order valence-electron chi connectivity index (χ3n) is 1.89. The molecule has 0 saturated carbocycles. The van der Waals surface area contributed by atoms with Crippen LogP contribution >= 0.6 is 11.5 Å². The third-order valence-corrected chi connectivity index (χ3v) is 2.52. The van der Waals surface area contributed by atoms with Crippen LogP contribution in [0.15, 0.2) is 0 Å². The van der Waals surface area contributed by atoms with Gasteiger partial charge in [0.15, 0.2) is 0 Å². The Morgan fingerprint density at radius 3 is 2.44 bits per heavy atom. The number of hydrogen-bond acceptors (Lipinski definition) is 5. The zero-order valence-electron chi connectivity index (χ0n) is 8.93. The molecule has 4 nitrogen and oxygen atoms in total. The molecule has 3 N–H and O–H groups in total. The van der Waals surface area contributed by atoms with Gasteiger partial charge in [-0.3, -0.25) is 0 Å². The van der Waals surface area contributed by atoms with Gasteiger partial charge in [-0.2, -0.15) is 22.5 Å². The van der Waals surface area contributed by atoms with Gasteiger partial charge in [-0.05, 0) is 26.8 Å². The highest BCUT2D eigenvalue weighted by Crippen LogP contribution is 2.30. The molecular weight excluding hydrogens is 241 g/mol. The fourth-order valence-electron chi connectivity index (χ4n) is 1.10. The van der Waals surface area contributed by atoms with Crippen LogP contribution in [0, 0.1) is 0 Å². The van der Waals surface area contributed by atoms with Gasteiger partial charge in [-0.1, -0.05) is 0 Å². The predicted octanol–water partition coefficient (Wildman–Crippen LogP) is 2.10. The van der Waals surface area contributed by atoms with E-state index in [1.165, 1.54) is 0 Å². The predicted molar refractivity (Wildman–Crippen MR) is 56.3 cm³/mol. The van der Waals surface area contributed by atoms with Crippen molar-refractivity contribution >= 4 is 16.7 Å². The fourth-order valence-corrected chi connectivity index (χ4v) is 1.87. The lowest BCUT2D eigenvalue weighted by atomic mass is 10.0. The van der Waals surface area contributed by atoms with Gasteiger partial charge >= 0.3 is 6.18 Å². The van der Waals surface area contributed by atoms with E-state index in [4.69, 9.17) is 5.73 Å². The van der Waals surface area contributed by atoms with Crippen molar-refractivity contribution in [1.82, 2.24) is 9.36 Å². The molecule has 0 amide bonds. The molecule has 1 heterocycles. The van der Waals surface area contributed by atoms with Crippen molar-refractivity contribution in [1.29, 1.82) is 0 Å². The lowest BCUT2D eigenvalue weighted by molar-refractivity contribution is -0.144. The van der Waals surface area contributed by atoms with Crippen molar-refractivity contribution in [3.8, 4) is 0 Å². The molecule has 0 spiro atoms. The Morgan fingerprint density at radius 1 is 1.38 bits per heavy atom. The summed E-state index contributed by atoms with van der Waals surface area (Å²) in [6.45, 7) is 4.13. The Balaban J connectivity index is 2.73. The monoisotopic (exact) mass is 254 g/mol. The van der Waals surface area contributed by atoms with Gasteiger partial charge in [0.2, 0.25) is 11.0 Å². The Bertz CT molecular complexity index is 347. The van der Waals surface area contributed by atoms with E-state index in [-0.39, 0.29) is 5.13 Å². The topological polar surface area (TPSA) is 63.8 Å². The molecular formula is C8H13F3N4S. The average Bonchev–Trinajstić information content (AvgIpc) is 2.50. The zero-order chi connectivity index (χ0) is 12.4. The van der Waals surface area contributed by atoms with Crippen molar-refractivity contribution in [2.75, 3.05) is 11.9 Å². The van der Waals surface area contributed by atoms with Gasteiger partial charge in [0.25, 0.3) is 0 Å². The second-order valence-corrected chi connectivity index (χ2v) is 4.72. The number of hydrogen-bond donors (Lipinski definition) is 2. The largest absolute Gasteiger partial charge is 0.452 e. The van der Waals surface area contributed by atoms with Crippen LogP contribution in [0.4, 0.5) is 18.3 Å².